The predicted octanol–water partition coefficient (Wildman–Crippen LogP) is 2.42. The highest BCUT2D eigenvalue weighted by Crippen LogP contribution is 2.34. The molecule has 0 aliphatic carbocycles. The predicted molar refractivity (Wildman–Crippen MR) is 88.4 cm³/mol. The molecule has 0 unspecified atom stereocenters. The van der Waals surface area contributed by atoms with Gasteiger partial charge in [-0.3, -0.25) is 0 Å². The first kappa shape index (κ1) is 16.6. The van der Waals surface area contributed by atoms with Crippen molar-refractivity contribution in [1.29, 1.82) is 0 Å². The molecular weight excluding hydrogens is 276 g/mol. The van der Waals surface area contributed by atoms with Crippen molar-refractivity contribution in [3.8, 4) is 0 Å². The Balaban J connectivity index is 2.30. The van der Waals surface area contributed by atoms with Gasteiger partial charge in [0, 0.05) is 13.1 Å². The van der Waals surface area contributed by atoms with Gasteiger partial charge in [0.15, 0.2) is 0 Å². The third-order valence-electron chi connectivity index (χ3n) is 3.36. The Morgan fingerprint density at radius 2 is 1.00 bits per heavy atom. The molecule has 118 valence electrons. The van der Waals surface area contributed by atoms with Crippen LogP contribution in [0.15, 0.2) is 60.7 Å². The number of hydrogen-bond acceptors (Lipinski definition) is 4. The second-order valence-electron chi connectivity index (χ2n) is 4.98. The van der Waals surface area contributed by atoms with Gasteiger partial charge in [-0.2, -0.15) is 0 Å². The molecule has 4 N–H and O–H groups in total. The number of rotatable bonds is 9. The monoisotopic (exact) mass is 300 g/mol. The lowest BCUT2D eigenvalue weighted by Gasteiger charge is -2.28. The molecule has 0 spiro atoms. The maximum absolute atomic E-state index is 6.00. The first-order chi connectivity index (χ1) is 10.9. The molecule has 0 heterocycles. The van der Waals surface area contributed by atoms with Gasteiger partial charge in [-0.15, -0.1) is 0 Å². The molecule has 2 aromatic carbocycles. The number of ether oxygens (including phenoxy) is 2. The lowest BCUT2D eigenvalue weighted by Crippen LogP contribution is -2.23. The van der Waals surface area contributed by atoms with Crippen molar-refractivity contribution in [2.45, 2.75) is 12.2 Å². The van der Waals surface area contributed by atoms with Crippen LogP contribution < -0.4 is 11.5 Å². The van der Waals surface area contributed by atoms with E-state index >= 15 is 0 Å². The summed E-state index contributed by atoms with van der Waals surface area (Å²) >= 11 is 0. The highest BCUT2D eigenvalue weighted by atomic mass is 16.5. The largest absolute Gasteiger partial charge is 0.369 e. The van der Waals surface area contributed by atoms with Crippen molar-refractivity contribution in [2.75, 3.05) is 26.3 Å². The summed E-state index contributed by atoms with van der Waals surface area (Å²) in [6.45, 7) is 1.91. The Morgan fingerprint density at radius 1 is 0.636 bits per heavy atom. The summed E-state index contributed by atoms with van der Waals surface area (Å²) in [7, 11) is 0. The van der Waals surface area contributed by atoms with E-state index in [9.17, 15) is 0 Å². The van der Waals surface area contributed by atoms with Crippen LogP contribution in [0.4, 0.5) is 0 Å². The topological polar surface area (TPSA) is 70.5 Å². The van der Waals surface area contributed by atoms with Crippen LogP contribution in [-0.4, -0.2) is 26.3 Å². The van der Waals surface area contributed by atoms with Gasteiger partial charge < -0.3 is 20.9 Å². The highest BCUT2D eigenvalue weighted by molar-refractivity contribution is 5.25. The Bertz CT molecular complexity index is 470. The lowest BCUT2D eigenvalue weighted by atomic mass is 9.98. The Kier molecular flexibility index (Phi) is 7.06. The van der Waals surface area contributed by atoms with Gasteiger partial charge in [-0.1, -0.05) is 60.7 Å². The van der Waals surface area contributed by atoms with E-state index in [-0.39, 0.29) is 12.2 Å². The smallest absolute Gasteiger partial charge is 0.113 e. The third kappa shape index (κ3) is 4.64. The fraction of sp³-hybridized carbons (Fsp3) is 0.333. The molecule has 22 heavy (non-hydrogen) atoms. The van der Waals surface area contributed by atoms with Crippen molar-refractivity contribution in [3.05, 3.63) is 71.8 Å². The molecule has 0 aliphatic heterocycles. The van der Waals surface area contributed by atoms with Crippen LogP contribution in [0.1, 0.15) is 23.3 Å². The van der Waals surface area contributed by atoms with Crippen LogP contribution in [0.5, 0.6) is 0 Å². The molecule has 0 saturated carbocycles. The third-order valence-corrected chi connectivity index (χ3v) is 3.36. The molecule has 2 atom stereocenters. The van der Waals surface area contributed by atoms with Gasteiger partial charge in [0.1, 0.15) is 12.2 Å². The summed E-state index contributed by atoms with van der Waals surface area (Å²) in [5, 5.41) is 0. The van der Waals surface area contributed by atoms with Crippen LogP contribution in [-0.2, 0) is 9.47 Å². The summed E-state index contributed by atoms with van der Waals surface area (Å²) in [5.74, 6) is 0. The molecule has 0 saturated heterocycles. The zero-order chi connectivity index (χ0) is 15.6. The van der Waals surface area contributed by atoms with Crippen molar-refractivity contribution < 1.29 is 9.47 Å². The Hall–Kier alpha value is -1.72. The summed E-state index contributed by atoms with van der Waals surface area (Å²) < 4.78 is 12.0. The molecule has 0 fully saturated rings. The molecule has 0 radical (unpaired) electrons. The minimum Gasteiger partial charge on any atom is -0.369 e. The van der Waals surface area contributed by atoms with E-state index < -0.39 is 0 Å². The minimum absolute atomic E-state index is 0.210. The lowest BCUT2D eigenvalue weighted by molar-refractivity contribution is -0.0742. The van der Waals surface area contributed by atoms with E-state index in [0.29, 0.717) is 26.3 Å². The molecule has 0 aromatic heterocycles. The summed E-state index contributed by atoms with van der Waals surface area (Å²) in [6.07, 6.45) is -0.419. The van der Waals surface area contributed by atoms with Crippen molar-refractivity contribution >= 4 is 0 Å². The van der Waals surface area contributed by atoms with Crippen molar-refractivity contribution in [1.82, 2.24) is 0 Å². The summed E-state index contributed by atoms with van der Waals surface area (Å²) in [5.41, 5.74) is 13.4. The molecule has 4 nitrogen and oxygen atoms in total. The molecule has 2 aromatic rings. The van der Waals surface area contributed by atoms with Crippen LogP contribution in [0.3, 0.4) is 0 Å². The van der Waals surface area contributed by atoms with Gasteiger partial charge in [0.2, 0.25) is 0 Å². The first-order valence-electron chi connectivity index (χ1n) is 7.60. The Morgan fingerprint density at radius 3 is 1.32 bits per heavy atom. The fourth-order valence-corrected chi connectivity index (χ4v) is 2.39. The second kappa shape index (κ2) is 9.33. The van der Waals surface area contributed by atoms with Crippen molar-refractivity contribution in [2.24, 2.45) is 11.5 Å². The van der Waals surface area contributed by atoms with Crippen LogP contribution in [0, 0.1) is 0 Å². The number of nitrogens with two attached hydrogens (primary N) is 2. The average Bonchev–Trinajstić information content (AvgIpc) is 2.59. The van der Waals surface area contributed by atoms with Gasteiger partial charge in [0.05, 0.1) is 13.2 Å². The van der Waals surface area contributed by atoms with Crippen LogP contribution >= 0.6 is 0 Å². The van der Waals surface area contributed by atoms with Gasteiger partial charge in [-0.05, 0) is 11.1 Å². The normalized spacial score (nSPS) is 13.7. The maximum Gasteiger partial charge on any atom is 0.113 e. The van der Waals surface area contributed by atoms with E-state index in [0.717, 1.165) is 11.1 Å². The standard InChI is InChI=1S/C18H24N2O2/c19-11-13-21-17(15-7-3-1-4-8-15)18(22-14-12-20)16-9-5-2-6-10-16/h1-10,17-18H,11-14,19-20H2/t17-,18-/m0/s1. The number of benzene rings is 2. The van der Waals surface area contributed by atoms with Gasteiger partial charge >= 0.3 is 0 Å². The fourth-order valence-electron chi connectivity index (χ4n) is 2.39. The Labute approximate surface area is 132 Å². The summed E-state index contributed by atoms with van der Waals surface area (Å²) in [6, 6.07) is 20.2. The average molecular weight is 300 g/mol. The van der Waals surface area contributed by atoms with E-state index in [1.165, 1.54) is 0 Å². The molecular formula is C18H24N2O2. The highest BCUT2D eigenvalue weighted by Gasteiger charge is 2.26. The van der Waals surface area contributed by atoms with Gasteiger partial charge in [0.25, 0.3) is 0 Å². The molecule has 0 bridgehead atoms. The van der Waals surface area contributed by atoms with E-state index in [2.05, 4.69) is 0 Å². The number of hydrogen-bond donors (Lipinski definition) is 2. The zero-order valence-electron chi connectivity index (χ0n) is 12.7. The SMILES string of the molecule is NCCO[C@@H](c1ccccc1)[C@@H](OCCN)c1ccccc1. The quantitative estimate of drug-likeness (QED) is 0.746. The molecule has 4 heteroatoms. The minimum atomic E-state index is -0.210. The molecule has 0 aliphatic rings. The summed E-state index contributed by atoms with van der Waals surface area (Å²) in [4.78, 5) is 0. The molecule has 2 rings (SSSR count). The molecule has 0 amide bonds. The maximum atomic E-state index is 6.00. The van der Waals surface area contributed by atoms with Crippen LogP contribution in [0.25, 0.3) is 0 Å². The zero-order valence-corrected chi connectivity index (χ0v) is 12.7. The van der Waals surface area contributed by atoms with Crippen LogP contribution in [0.2, 0.25) is 0 Å². The second-order valence-corrected chi connectivity index (χ2v) is 4.98. The van der Waals surface area contributed by atoms with Crippen molar-refractivity contribution in [3.63, 3.8) is 0 Å². The van der Waals surface area contributed by atoms with E-state index in [1.807, 2.05) is 60.7 Å². The van der Waals surface area contributed by atoms with E-state index in [4.69, 9.17) is 20.9 Å². The van der Waals surface area contributed by atoms with Gasteiger partial charge in [-0.25, -0.2) is 0 Å². The first-order valence-corrected chi connectivity index (χ1v) is 7.60. The van der Waals surface area contributed by atoms with E-state index in [1.54, 1.807) is 0 Å².